The molecule has 0 amide bonds. The molecule has 0 radical (unpaired) electrons. The van der Waals surface area contributed by atoms with E-state index in [0.29, 0.717) is 36.6 Å². The number of benzene rings is 1. The summed E-state index contributed by atoms with van der Waals surface area (Å²) in [6.45, 7) is 3.20. The highest BCUT2D eigenvalue weighted by Crippen LogP contribution is 2.30. The highest BCUT2D eigenvalue weighted by molar-refractivity contribution is 7.99. The van der Waals surface area contributed by atoms with Gasteiger partial charge in [0.15, 0.2) is 17.5 Å². The molecule has 156 valence electrons. The molecule has 0 aliphatic heterocycles. The lowest BCUT2D eigenvalue weighted by molar-refractivity contribution is 0.319. The maximum absolute atomic E-state index is 5.88. The van der Waals surface area contributed by atoms with Gasteiger partial charge in [-0.3, -0.25) is 4.99 Å². The van der Waals surface area contributed by atoms with Gasteiger partial charge in [-0.2, -0.15) is 11.8 Å². The number of nitrogens with zero attached hydrogens (tertiary/aromatic N) is 2. The van der Waals surface area contributed by atoms with Crippen molar-refractivity contribution in [1.29, 1.82) is 0 Å². The SMILES string of the molecule is CCOc1ccccc1Oc1ccc(CNC(=NC)NC2CCC(SC)C2)cn1. The third-order valence-corrected chi connectivity index (χ3v) is 6.00. The standard InChI is InChI=1S/C22H30N4O2S/c1-4-27-19-7-5-6-8-20(19)28-21-12-9-16(14-24-21)15-25-22(23-2)26-17-10-11-18(13-17)29-3/h5-9,12,14,17-18H,4,10-11,13,15H2,1-3H3,(H2,23,25,26). The van der Waals surface area contributed by atoms with E-state index in [1.807, 2.05) is 61.3 Å². The molecule has 3 rings (SSSR count). The first-order valence-corrected chi connectivity index (χ1v) is 11.3. The Bertz CT molecular complexity index is 798. The van der Waals surface area contributed by atoms with Gasteiger partial charge in [-0.05, 0) is 50.1 Å². The number of pyridine rings is 1. The largest absolute Gasteiger partial charge is 0.490 e. The van der Waals surface area contributed by atoms with Gasteiger partial charge in [0.2, 0.25) is 5.88 Å². The van der Waals surface area contributed by atoms with Crippen molar-refractivity contribution in [1.82, 2.24) is 15.6 Å². The summed E-state index contributed by atoms with van der Waals surface area (Å²) in [4.78, 5) is 8.77. The summed E-state index contributed by atoms with van der Waals surface area (Å²) in [5.74, 6) is 2.76. The second-order valence-corrected chi connectivity index (χ2v) is 8.06. The van der Waals surface area contributed by atoms with Gasteiger partial charge >= 0.3 is 0 Å². The molecular formula is C22H30N4O2S. The number of guanidine groups is 1. The van der Waals surface area contributed by atoms with Gasteiger partial charge < -0.3 is 20.1 Å². The molecule has 2 N–H and O–H groups in total. The van der Waals surface area contributed by atoms with Crippen molar-refractivity contribution in [2.75, 3.05) is 19.9 Å². The first-order chi connectivity index (χ1) is 14.2. The van der Waals surface area contributed by atoms with Gasteiger partial charge in [-0.15, -0.1) is 0 Å². The van der Waals surface area contributed by atoms with Gasteiger partial charge in [-0.1, -0.05) is 18.2 Å². The molecule has 0 spiro atoms. The molecule has 1 aromatic carbocycles. The molecule has 1 aliphatic rings. The molecule has 0 saturated heterocycles. The van der Waals surface area contributed by atoms with E-state index in [4.69, 9.17) is 9.47 Å². The molecule has 1 fully saturated rings. The van der Waals surface area contributed by atoms with Gasteiger partial charge in [0.05, 0.1) is 6.61 Å². The summed E-state index contributed by atoms with van der Waals surface area (Å²) < 4.78 is 11.5. The van der Waals surface area contributed by atoms with Gasteiger partial charge in [0.25, 0.3) is 0 Å². The maximum atomic E-state index is 5.88. The van der Waals surface area contributed by atoms with Crippen molar-refractivity contribution >= 4 is 17.7 Å². The zero-order valence-electron chi connectivity index (χ0n) is 17.4. The van der Waals surface area contributed by atoms with E-state index in [1.165, 1.54) is 19.3 Å². The Morgan fingerprint density at radius 1 is 1.21 bits per heavy atom. The molecule has 1 heterocycles. The average Bonchev–Trinajstić information content (AvgIpc) is 3.21. The summed E-state index contributed by atoms with van der Waals surface area (Å²) in [5, 5.41) is 7.66. The predicted octanol–water partition coefficient (Wildman–Crippen LogP) is 4.22. The van der Waals surface area contributed by atoms with Crippen LogP contribution in [0.2, 0.25) is 0 Å². The third kappa shape index (κ3) is 6.29. The Morgan fingerprint density at radius 2 is 2.03 bits per heavy atom. The smallest absolute Gasteiger partial charge is 0.219 e. The molecule has 1 aliphatic carbocycles. The second-order valence-electron chi connectivity index (χ2n) is 6.92. The number of aliphatic imine (C=N–C) groups is 1. The topological polar surface area (TPSA) is 67.8 Å². The number of rotatable bonds is 8. The molecule has 2 atom stereocenters. The minimum atomic E-state index is 0.498. The Morgan fingerprint density at radius 3 is 2.69 bits per heavy atom. The molecule has 6 nitrogen and oxygen atoms in total. The van der Waals surface area contributed by atoms with Crippen molar-refractivity contribution < 1.29 is 9.47 Å². The van der Waals surface area contributed by atoms with Crippen molar-refractivity contribution in [3.05, 3.63) is 48.2 Å². The lowest BCUT2D eigenvalue weighted by Crippen LogP contribution is -2.42. The summed E-state index contributed by atoms with van der Waals surface area (Å²) in [7, 11) is 1.81. The second kappa shape index (κ2) is 11.0. The number of hydrogen-bond donors (Lipinski definition) is 2. The van der Waals surface area contributed by atoms with Crippen LogP contribution in [-0.4, -0.2) is 42.1 Å². The van der Waals surface area contributed by atoms with Crippen molar-refractivity contribution in [2.24, 2.45) is 4.99 Å². The maximum Gasteiger partial charge on any atom is 0.219 e. The Balaban J connectivity index is 1.51. The van der Waals surface area contributed by atoms with Crippen LogP contribution in [0, 0.1) is 0 Å². The van der Waals surface area contributed by atoms with Crippen LogP contribution in [-0.2, 0) is 6.54 Å². The minimum absolute atomic E-state index is 0.498. The van der Waals surface area contributed by atoms with Crippen molar-refractivity contribution in [3.63, 3.8) is 0 Å². The highest BCUT2D eigenvalue weighted by atomic mass is 32.2. The Kier molecular flexibility index (Phi) is 8.04. The molecule has 7 heteroatoms. The van der Waals surface area contributed by atoms with E-state index >= 15 is 0 Å². The van der Waals surface area contributed by atoms with Crippen LogP contribution in [0.4, 0.5) is 0 Å². The van der Waals surface area contributed by atoms with Crippen LogP contribution in [0.5, 0.6) is 17.4 Å². The number of hydrogen-bond acceptors (Lipinski definition) is 5. The third-order valence-electron chi connectivity index (χ3n) is 4.90. The summed E-state index contributed by atoms with van der Waals surface area (Å²) in [5.41, 5.74) is 1.06. The average molecular weight is 415 g/mol. The first kappa shape index (κ1) is 21.3. The van der Waals surface area contributed by atoms with E-state index < -0.39 is 0 Å². The van der Waals surface area contributed by atoms with E-state index in [0.717, 1.165) is 16.8 Å². The van der Waals surface area contributed by atoms with E-state index in [9.17, 15) is 0 Å². The van der Waals surface area contributed by atoms with Crippen LogP contribution < -0.4 is 20.1 Å². The van der Waals surface area contributed by atoms with Crippen molar-refractivity contribution in [2.45, 2.75) is 44.0 Å². The normalized spacial score (nSPS) is 19.1. The molecule has 0 bridgehead atoms. The van der Waals surface area contributed by atoms with E-state index in [1.54, 1.807) is 7.05 Å². The lowest BCUT2D eigenvalue weighted by Gasteiger charge is -2.17. The van der Waals surface area contributed by atoms with Crippen LogP contribution in [0.1, 0.15) is 31.7 Å². The van der Waals surface area contributed by atoms with E-state index in [2.05, 4.69) is 26.9 Å². The summed E-state index contributed by atoms with van der Waals surface area (Å²) >= 11 is 1.96. The van der Waals surface area contributed by atoms with E-state index in [-0.39, 0.29) is 0 Å². The number of nitrogens with one attached hydrogen (secondary N) is 2. The first-order valence-electron chi connectivity index (χ1n) is 10.1. The molecule has 29 heavy (non-hydrogen) atoms. The number of para-hydroxylation sites is 2. The van der Waals surface area contributed by atoms with Gasteiger partial charge in [0.1, 0.15) is 0 Å². The van der Waals surface area contributed by atoms with Crippen LogP contribution in [0.15, 0.2) is 47.6 Å². The van der Waals surface area contributed by atoms with Crippen LogP contribution >= 0.6 is 11.8 Å². The lowest BCUT2D eigenvalue weighted by atomic mass is 10.2. The quantitative estimate of drug-likeness (QED) is 0.498. The van der Waals surface area contributed by atoms with Gasteiger partial charge in [-0.25, -0.2) is 4.98 Å². The number of ether oxygens (including phenoxy) is 2. The highest BCUT2D eigenvalue weighted by Gasteiger charge is 2.24. The zero-order chi connectivity index (χ0) is 20.5. The molecule has 2 aromatic rings. The predicted molar refractivity (Wildman–Crippen MR) is 120 cm³/mol. The monoisotopic (exact) mass is 414 g/mol. The molecular weight excluding hydrogens is 384 g/mol. The summed E-state index contributed by atoms with van der Waals surface area (Å²) in [6.07, 6.45) is 7.67. The Hall–Kier alpha value is -2.41. The van der Waals surface area contributed by atoms with Gasteiger partial charge in [0, 0.05) is 37.1 Å². The fourth-order valence-corrected chi connectivity index (χ4v) is 4.15. The fourth-order valence-electron chi connectivity index (χ4n) is 3.36. The van der Waals surface area contributed by atoms with Crippen LogP contribution in [0.3, 0.4) is 0 Å². The number of aromatic nitrogens is 1. The molecule has 1 aromatic heterocycles. The van der Waals surface area contributed by atoms with Crippen LogP contribution in [0.25, 0.3) is 0 Å². The molecule has 2 unspecified atom stereocenters. The molecule has 1 saturated carbocycles. The zero-order valence-corrected chi connectivity index (χ0v) is 18.2. The van der Waals surface area contributed by atoms with Crippen molar-refractivity contribution in [3.8, 4) is 17.4 Å². The minimum Gasteiger partial charge on any atom is -0.490 e. The fraction of sp³-hybridized carbons (Fsp3) is 0.455. The summed E-state index contributed by atoms with van der Waals surface area (Å²) in [6, 6.07) is 12.0. The number of thioether (sulfide) groups is 1. The Labute approximate surface area is 177 Å².